The molecule has 0 aromatic heterocycles. The average molecular weight is 289 g/mol. The van der Waals surface area contributed by atoms with Gasteiger partial charge in [0.1, 0.15) is 0 Å². The Morgan fingerprint density at radius 3 is 2.45 bits per heavy atom. The predicted molar refractivity (Wildman–Crippen MR) is 82.0 cm³/mol. The van der Waals surface area contributed by atoms with Crippen LogP contribution in [0.3, 0.4) is 0 Å². The van der Waals surface area contributed by atoms with Crippen LogP contribution in [0, 0.1) is 6.92 Å². The third-order valence-corrected chi connectivity index (χ3v) is 5.29. The summed E-state index contributed by atoms with van der Waals surface area (Å²) >= 11 is 0. The van der Waals surface area contributed by atoms with Gasteiger partial charge in [0.15, 0.2) is 0 Å². The summed E-state index contributed by atoms with van der Waals surface area (Å²) in [5.41, 5.74) is 3.05. The second kappa shape index (κ2) is 5.77. The number of nitrogens with zero attached hydrogens (tertiary/aromatic N) is 1. The van der Waals surface area contributed by atoms with Crippen molar-refractivity contribution in [3.05, 3.63) is 65.8 Å². The normalized spacial score (nSPS) is 18.9. The first-order valence-electron chi connectivity index (χ1n) is 6.54. The predicted octanol–water partition coefficient (Wildman–Crippen LogP) is 3.06. The highest BCUT2D eigenvalue weighted by molar-refractivity contribution is 7.89. The van der Waals surface area contributed by atoms with Crippen molar-refractivity contribution < 1.29 is 8.42 Å². The van der Waals surface area contributed by atoms with Crippen molar-refractivity contribution >= 4 is 10.0 Å². The molecule has 0 aliphatic carbocycles. The Morgan fingerprint density at radius 1 is 1.25 bits per heavy atom. The van der Waals surface area contributed by atoms with Crippen molar-refractivity contribution in [2.45, 2.75) is 18.7 Å². The minimum atomic E-state index is -3.44. The molecule has 1 aromatic carbocycles. The van der Waals surface area contributed by atoms with Crippen LogP contribution < -0.4 is 0 Å². The standard InChI is InChI=1S/C16H19NO2S/c1-4-14-10-11-17(12-15(14)5-2)20(18,19)16-8-6-13(3)7-9-16/h4-10H,1,11-12H2,2-3H3/b15-5+. The molecule has 1 aromatic rings. The van der Waals surface area contributed by atoms with Gasteiger partial charge in [-0.05, 0) is 37.1 Å². The molecule has 0 bridgehead atoms. The summed E-state index contributed by atoms with van der Waals surface area (Å²) in [6.07, 6.45) is 5.60. The summed E-state index contributed by atoms with van der Waals surface area (Å²) in [4.78, 5) is 0.342. The lowest BCUT2D eigenvalue weighted by Crippen LogP contribution is -2.35. The van der Waals surface area contributed by atoms with Crippen LogP contribution in [0.5, 0.6) is 0 Å². The fourth-order valence-corrected chi connectivity index (χ4v) is 3.55. The highest BCUT2D eigenvalue weighted by atomic mass is 32.2. The molecule has 0 saturated heterocycles. The number of benzene rings is 1. The quantitative estimate of drug-likeness (QED) is 0.857. The molecule has 0 N–H and O–H groups in total. The van der Waals surface area contributed by atoms with Crippen molar-refractivity contribution in [1.82, 2.24) is 4.31 Å². The molecule has 0 atom stereocenters. The second-order valence-corrected chi connectivity index (χ2v) is 6.73. The molecule has 106 valence electrons. The van der Waals surface area contributed by atoms with E-state index in [9.17, 15) is 8.42 Å². The topological polar surface area (TPSA) is 37.4 Å². The van der Waals surface area contributed by atoms with Gasteiger partial charge in [-0.3, -0.25) is 0 Å². The maximum absolute atomic E-state index is 12.6. The van der Waals surface area contributed by atoms with E-state index >= 15 is 0 Å². The molecule has 20 heavy (non-hydrogen) atoms. The van der Waals surface area contributed by atoms with E-state index in [1.54, 1.807) is 18.2 Å². The van der Waals surface area contributed by atoms with Crippen molar-refractivity contribution in [1.29, 1.82) is 0 Å². The summed E-state index contributed by atoms with van der Waals surface area (Å²) in [5, 5.41) is 0. The van der Waals surface area contributed by atoms with Crippen LogP contribution >= 0.6 is 0 Å². The zero-order valence-electron chi connectivity index (χ0n) is 11.8. The number of aryl methyl sites for hydroxylation is 1. The molecule has 0 unspecified atom stereocenters. The van der Waals surface area contributed by atoms with Gasteiger partial charge < -0.3 is 0 Å². The van der Waals surface area contributed by atoms with Crippen LogP contribution in [-0.4, -0.2) is 25.8 Å². The third-order valence-electron chi connectivity index (χ3n) is 3.46. The van der Waals surface area contributed by atoms with Gasteiger partial charge in [-0.15, -0.1) is 0 Å². The third kappa shape index (κ3) is 2.76. The minimum Gasteiger partial charge on any atom is -0.207 e. The largest absolute Gasteiger partial charge is 0.243 e. The van der Waals surface area contributed by atoms with E-state index in [4.69, 9.17) is 0 Å². The van der Waals surface area contributed by atoms with Crippen LogP contribution in [0.1, 0.15) is 12.5 Å². The summed E-state index contributed by atoms with van der Waals surface area (Å²) in [6.45, 7) is 8.39. The zero-order chi connectivity index (χ0) is 14.8. The first-order valence-corrected chi connectivity index (χ1v) is 7.98. The van der Waals surface area contributed by atoms with E-state index in [1.165, 1.54) is 4.31 Å². The summed E-state index contributed by atoms with van der Waals surface area (Å²) < 4.78 is 26.7. The number of hydrogen-bond acceptors (Lipinski definition) is 2. The summed E-state index contributed by atoms with van der Waals surface area (Å²) in [6, 6.07) is 6.95. The van der Waals surface area contributed by atoms with Crippen LogP contribution in [0.25, 0.3) is 0 Å². The van der Waals surface area contributed by atoms with Crippen LogP contribution in [0.15, 0.2) is 65.1 Å². The summed E-state index contributed by atoms with van der Waals surface area (Å²) in [7, 11) is -3.44. The lowest BCUT2D eigenvalue weighted by Gasteiger charge is -2.27. The van der Waals surface area contributed by atoms with Crippen molar-refractivity contribution in [3.63, 3.8) is 0 Å². The molecule has 0 amide bonds. The lowest BCUT2D eigenvalue weighted by atomic mass is 10.0. The molecule has 2 rings (SSSR count). The first-order chi connectivity index (χ1) is 9.48. The van der Waals surface area contributed by atoms with Crippen molar-refractivity contribution in [2.75, 3.05) is 13.1 Å². The number of allylic oxidation sites excluding steroid dienone is 2. The van der Waals surface area contributed by atoms with Gasteiger partial charge in [0, 0.05) is 13.1 Å². The molecule has 1 aliphatic heterocycles. The van der Waals surface area contributed by atoms with Crippen molar-refractivity contribution in [2.24, 2.45) is 0 Å². The highest BCUT2D eigenvalue weighted by Crippen LogP contribution is 2.24. The van der Waals surface area contributed by atoms with E-state index in [1.807, 2.05) is 38.1 Å². The van der Waals surface area contributed by atoms with Gasteiger partial charge in [0.25, 0.3) is 0 Å². The second-order valence-electron chi connectivity index (χ2n) is 4.79. The SMILES string of the molecule is C=CC1=CCN(S(=O)(=O)c2ccc(C)cc2)C/C1=C\C. The minimum absolute atomic E-state index is 0.342. The van der Waals surface area contributed by atoms with Gasteiger partial charge in [-0.1, -0.05) is 42.5 Å². The van der Waals surface area contributed by atoms with Gasteiger partial charge in [0.05, 0.1) is 4.90 Å². The van der Waals surface area contributed by atoms with E-state index < -0.39 is 10.0 Å². The zero-order valence-corrected chi connectivity index (χ0v) is 12.7. The van der Waals surface area contributed by atoms with E-state index in [2.05, 4.69) is 6.58 Å². The molecule has 0 spiro atoms. The molecule has 1 heterocycles. The maximum Gasteiger partial charge on any atom is 0.243 e. The molecule has 0 radical (unpaired) electrons. The number of sulfonamides is 1. The Morgan fingerprint density at radius 2 is 1.90 bits per heavy atom. The van der Waals surface area contributed by atoms with E-state index in [-0.39, 0.29) is 0 Å². The Hall–Kier alpha value is -1.65. The molecular formula is C16H19NO2S. The maximum atomic E-state index is 12.6. The van der Waals surface area contributed by atoms with Gasteiger partial charge in [-0.2, -0.15) is 4.31 Å². The van der Waals surface area contributed by atoms with Crippen LogP contribution in [0.4, 0.5) is 0 Å². The fourth-order valence-electron chi connectivity index (χ4n) is 2.19. The van der Waals surface area contributed by atoms with Crippen molar-refractivity contribution in [3.8, 4) is 0 Å². The lowest BCUT2D eigenvalue weighted by molar-refractivity contribution is 0.460. The molecule has 1 aliphatic rings. The Labute approximate surface area is 121 Å². The Kier molecular flexibility index (Phi) is 4.26. The molecule has 0 saturated carbocycles. The van der Waals surface area contributed by atoms with E-state index in [0.717, 1.165) is 16.7 Å². The highest BCUT2D eigenvalue weighted by Gasteiger charge is 2.27. The van der Waals surface area contributed by atoms with Crippen LogP contribution in [-0.2, 0) is 10.0 Å². The Balaban J connectivity index is 2.35. The van der Waals surface area contributed by atoms with E-state index in [0.29, 0.717) is 18.0 Å². The van der Waals surface area contributed by atoms with Gasteiger partial charge in [0.2, 0.25) is 10.0 Å². The summed E-state index contributed by atoms with van der Waals surface area (Å²) in [5.74, 6) is 0. The smallest absolute Gasteiger partial charge is 0.207 e. The monoisotopic (exact) mass is 289 g/mol. The fraction of sp³-hybridized carbons (Fsp3) is 0.250. The Bertz CT molecular complexity index is 667. The average Bonchev–Trinajstić information content (AvgIpc) is 2.46. The molecule has 3 nitrogen and oxygen atoms in total. The molecule has 4 heteroatoms. The molecular weight excluding hydrogens is 270 g/mol. The van der Waals surface area contributed by atoms with Gasteiger partial charge in [-0.25, -0.2) is 8.42 Å². The molecule has 0 fully saturated rings. The van der Waals surface area contributed by atoms with Gasteiger partial charge >= 0.3 is 0 Å². The van der Waals surface area contributed by atoms with Crippen LogP contribution in [0.2, 0.25) is 0 Å². The number of rotatable bonds is 3. The number of hydrogen-bond donors (Lipinski definition) is 0. The first kappa shape index (κ1) is 14.8.